The number of hydrogen-bond donors (Lipinski definition) is 1. The molecule has 1 aliphatic rings. The van der Waals surface area contributed by atoms with Crippen LogP contribution in [0.3, 0.4) is 0 Å². The van der Waals surface area contributed by atoms with Crippen LogP contribution in [-0.2, 0) is 19.6 Å². The number of sulfonamides is 1. The molecule has 0 bridgehead atoms. The van der Waals surface area contributed by atoms with Gasteiger partial charge in [-0.3, -0.25) is 4.79 Å². The number of esters is 1. The molecule has 0 spiro atoms. The molecule has 168 valence electrons. The van der Waals surface area contributed by atoms with Crippen LogP contribution < -0.4 is 5.32 Å². The van der Waals surface area contributed by atoms with E-state index in [-0.39, 0.29) is 44.2 Å². The highest BCUT2D eigenvalue weighted by atomic mass is 32.2. The lowest BCUT2D eigenvalue weighted by molar-refractivity contribution is -0.147. The highest BCUT2D eigenvalue weighted by Crippen LogP contribution is 2.29. The van der Waals surface area contributed by atoms with Gasteiger partial charge >= 0.3 is 12.0 Å². The fraction of sp³-hybridized carbons (Fsp3) is 0.619. The quantitative estimate of drug-likeness (QED) is 0.686. The van der Waals surface area contributed by atoms with Gasteiger partial charge in [0.2, 0.25) is 10.0 Å². The van der Waals surface area contributed by atoms with Crippen LogP contribution in [0.1, 0.15) is 42.5 Å². The van der Waals surface area contributed by atoms with E-state index in [2.05, 4.69) is 5.32 Å². The fourth-order valence-corrected chi connectivity index (χ4v) is 5.53. The van der Waals surface area contributed by atoms with Crippen LogP contribution in [0.4, 0.5) is 4.79 Å². The van der Waals surface area contributed by atoms with E-state index in [1.165, 1.54) is 4.31 Å². The highest BCUT2D eigenvalue weighted by Gasteiger charge is 2.32. The number of carbonyl (C=O) groups excluding carboxylic acids is 2. The molecular formula is C21H33N3O5S. The Morgan fingerprint density at radius 2 is 1.57 bits per heavy atom. The number of hydrogen-bond acceptors (Lipinski definition) is 5. The maximum atomic E-state index is 13.3. The second-order valence-electron chi connectivity index (χ2n) is 8.00. The van der Waals surface area contributed by atoms with Crippen molar-refractivity contribution in [2.24, 2.45) is 0 Å². The molecule has 1 aromatic carbocycles. The molecule has 8 nitrogen and oxygen atoms in total. The zero-order valence-corrected chi connectivity index (χ0v) is 19.6. The summed E-state index contributed by atoms with van der Waals surface area (Å²) in [6, 6.07) is 1.70. The van der Waals surface area contributed by atoms with E-state index in [0.717, 1.165) is 22.3 Å². The summed E-state index contributed by atoms with van der Waals surface area (Å²) in [7, 11) is -3.64. The lowest BCUT2D eigenvalue weighted by atomic mass is 10.0. The first-order valence-corrected chi connectivity index (χ1v) is 11.7. The van der Waals surface area contributed by atoms with Gasteiger partial charge in [0.15, 0.2) is 0 Å². The molecule has 1 aliphatic heterocycles. The van der Waals surface area contributed by atoms with Crippen molar-refractivity contribution in [3.8, 4) is 0 Å². The predicted octanol–water partition coefficient (Wildman–Crippen LogP) is 2.28. The number of nitrogens with zero attached hydrogens (tertiary/aromatic N) is 2. The Morgan fingerprint density at radius 3 is 2.07 bits per heavy atom. The lowest BCUT2D eigenvalue weighted by Crippen LogP contribution is -2.53. The predicted molar refractivity (Wildman–Crippen MR) is 115 cm³/mol. The minimum atomic E-state index is -3.64. The standard InChI is InChI=1S/C21H33N3O5S/c1-14(2)29-19(25)7-8-22-21(26)23-9-11-24(12-10-23)30(27,28)20-17(5)15(3)13-16(4)18(20)6/h13-14H,7-12H2,1-6H3,(H,22,26). The van der Waals surface area contributed by atoms with Gasteiger partial charge in [0.25, 0.3) is 0 Å². The maximum Gasteiger partial charge on any atom is 0.317 e. The monoisotopic (exact) mass is 439 g/mol. The van der Waals surface area contributed by atoms with E-state index < -0.39 is 10.0 Å². The molecule has 1 aromatic rings. The number of aryl methyl sites for hydroxylation is 2. The van der Waals surface area contributed by atoms with Gasteiger partial charge in [0.1, 0.15) is 0 Å². The van der Waals surface area contributed by atoms with Gasteiger partial charge in [0.05, 0.1) is 17.4 Å². The molecule has 0 atom stereocenters. The summed E-state index contributed by atoms with van der Waals surface area (Å²) in [5.74, 6) is -0.361. The molecule has 1 heterocycles. The largest absolute Gasteiger partial charge is 0.463 e. The summed E-state index contributed by atoms with van der Waals surface area (Å²) in [6.45, 7) is 12.3. The molecule has 1 fully saturated rings. The highest BCUT2D eigenvalue weighted by molar-refractivity contribution is 7.89. The molecular weight excluding hydrogens is 406 g/mol. The summed E-state index contributed by atoms with van der Waals surface area (Å²) < 4.78 is 33.1. The summed E-state index contributed by atoms with van der Waals surface area (Å²) in [6.07, 6.45) is -0.0866. The van der Waals surface area contributed by atoms with E-state index in [1.54, 1.807) is 18.7 Å². The summed E-state index contributed by atoms with van der Waals surface area (Å²) in [4.78, 5) is 25.8. The molecule has 0 saturated carbocycles. The average molecular weight is 440 g/mol. The van der Waals surface area contributed by atoms with Crippen molar-refractivity contribution in [3.05, 3.63) is 28.3 Å². The molecule has 0 unspecified atom stereocenters. The topological polar surface area (TPSA) is 96.0 Å². The third-order valence-electron chi connectivity index (χ3n) is 5.39. The molecule has 30 heavy (non-hydrogen) atoms. The molecule has 1 saturated heterocycles. The van der Waals surface area contributed by atoms with Gasteiger partial charge < -0.3 is 15.0 Å². The lowest BCUT2D eigenvalue weighted by Gasteiger charge is -2.34. The molecule has 2 rings (SSSR count). The van der Waals surface area contributed by atoms with Crippen LogP contribution >= 0.6 is 0 Å². The Balaban J connectivity index is 1.97. The number of nitrogens with one attached hydrogen (secondary N) is 1. The third kappa shape index (κ3) is 5.51. The molecule has 0 radical (unpaired) electrons. The molecule has 2 amide bonds. The minimum absolute atomic E-state index is 0.101. The fourth-order valence-electron chi connectivity index (χ4n) is 3.53. The van der Waals surface area contributed by atoms with Crippen LogP contribution in [0.2, 0.25) is 0 Å². The first-order valence-electron chi connectivity index (χ1n) is 10.2. The van der Waals surface area contributed by atoms with Crippen LogP contribution in [0.5, 0.6) is 0 Å². The molecule has 0 aliphatic carbocycles. The summed E-state index contributed by atoms with van der Waals surface area (Å²) >= 11 is 0. The van der Waals surface area contributed by atoms with E-state index in [1.807, 2.05) is 33.8 Å². The van der Waals surface area contributed by atoms with E-state index in [0.29, 0.717) is 18.0 Å². The number of amides is 2. The zero-order valence-electron chi connectivity index (χ0n) is 18.7. The Morgan fingerprint density at radius 1 is 1.03 bits per heavy atom. The Labute approximate surface area is 179 Å². The average Bonchev–Trinajstić information content (AvgIpc) is 2.66. The van der Waals surface area contributed by atoms with E-state index in [4.69, 9.17) is 4.74 Å². The number of carbonyl (C=O) groups is 2. The van der Waals surface area contributed by atoms with Crippen LogP contribution in [0.15, 0.2) is 11.0 Å². The Hall–Kier alpha value is -2.13. The van der Waals surface area contributed by atoms with Crippen molar-refractivity contribution in [3.63, 3.8) is 0 Å². The molecule has 0 aromatic heterocycles. The van der Waals surface area contributed by atoms with Crippen molar-refractivity contribution in [1.82, 2.24) is 14.5 Å². The van der Waals surface area contributed by atoms with Crippen LogP contribution in [0, 0.1) is 27.7 Å². The van der Waals surface area contributed by atoms with E-state index in [9.17, 15) is 18.0 Å². The first-order chi connectivity index (χ1) is 13.9. The zero-order chi connectivity index (χ0) is 22.6. The third-order valence-corrected chi connectivity index (χ3v) is 7.57. The van der Waals surface area contributed by atoms with Gasteiger partial charge in [-0.25, -0.2) is 13.2 Å². The van der Waals surface area contributed by atoms with Crippen molar-refractivity contribution >= 4 is 22.0 Å². The Kier molecular flexibility index (Phi) is 7.87. The van der Waals surface area contributed by atoms with Gasteiger partial charge in [-0.15, -0.1) is 0 Å². The maximum absolute atomic E-state index is 13.3. The normalized spacial score (nSPS) is 15.4. The smallest absolute Gasteiger partial charge is 0.317 e. The van der Waals surface area contributed by atoms with Crippen molar-refractivity contribution in [2.75, 3.05) is 32.7 Å². The summed E-state index contributed by atoms with van der Waals surface area (Å²) in [5, 5.41) is 2.69. The number of urea groups is 1. The second-order valence-corrected chi connectivity index (χ2v) is 9.88. The first kappa shape index (κ1) is 24.1. The SMILES string of the molecule is Cc1cc(C)c(C)c(S(=O)(=O)N2CCN(C(=O)NCCC(=O)OC(C)C)CC2)c1C. The minimum Gasteiger partial charge on any atom is -0.463 e. The number of ether oxygens (including phenoxy) is 1. The number of rotatable bonds is 6. The van der Waals surface area contributed by atoms with Gasteiger partial charge in [-0.05, 0) is 63.8 Å². The van der Waals surface area contributed by atoms with Gasteiger partial charge in [-0.1, -0.05) is 6.07 Å². The second kappa shape index (κ2) is 9.78. The number of benzene rings is 1. The molecule has 1 N–H and O–H groups in total. The van der Waals surface area contributed by atoms with Crippen LogP contribution in [-0.4, -0.2) is 68.5 Å². The summed E-state index contributed by atoms with van der Waals surface area (Å²) in [5.41, 5.74) is 3.44. The van der Waals surface area contributed by atoms with Crippen molar-refractivity contribution in [1.29, 1.82) is 0 Å². The van der Waals surface area contributed by atoms with Crippen molar-refractivity contribution < 1.29 is 22.7 Å². The van der Waals surface area contributed by atoms with Gasteiger partial charge in [-0.2, -0.15) is 4.31 Å². The Bertz CT molecular complexity index is 877. The van der Waals surface area contributed by atoms with Gasteiger partial charge in [0, 0.05) is 32.7 Å². The van der Waals surface area contributed by atoms with E-state index >= 15 is 0 Å². The number of piperazine rings is 1. The molecule has 9 heteroatoms. The van der Waals surface area contributed by atoms with Crippen LogP contribution in [0.25, 0.3) is 0 Å². The van der Waals surface area contributed by atoms with Crippen molar-refractivity contribution in [2.45, 2.75) is 59.0 Å².